The summed E-state index contributed by atoms with van der Waals surface area (Å²) in [7, 11) is 0. The molecule has 0 spiro atoms. The summed E-state index contributed by atoms with van der Waals surface area (Å²) in [6, 6.07) is 3.37. The van der Waals surface area contributed by atoms with Gasteiger partial charge in [0.25, 0.3) is 5.69 Å². The standard InChI is InChI=1S/C19H28N2O6/c1-12-10-14(21(24)25)9-8-13(12)11-15(16(22)26-18(2,3)4)20-17(23)27-19(5,6)7/h8-10,15H,11H2,1-7H3,(H,20,23)/t15-/m0/s1. The van der Waals surface area contributed by atoms with E-state index < -0.39 is 34.2 Å². The third kappa shape index (κ3) is 8.06. The van der Waals surface area contributed by atoms with Crippen molar-refractivity contribution in [3.05, 3.63) is 39.4 Å². The SMILES string of the molecule is Cc1cc([N+](=O)[O-])ccc1C[C@H](NC(=O)OC(C)(C)C)C(=O)OC(C)(C)C. The van der Waals surface area contributed by atoms with Crippen molar-refractivity contribution in [1.82, 2.24) is 5.32 Å². The van der Waals surface area contributed by atoms with Gasteiger partial charge in [0.1, 0.15) is 17.2 Å². The molecule has 0 unspecified atom stereocenters. The van der Waals surface area contributed by atoms with Gasteiger partial charge in [-0.15, -0.1) is 0 Å². The lowest BCUT2D eigenvalue weighted by Crippen LogP contribution is -2.47. The molecule has 1 aromatic carbocycles. The Morgan fingerprint density at radius 2 is 1.67 bits per heavy atom. The Morgan fingerprint density at radius 3 is 2.11 bits per heavy atom. The molecular formula is C19H28N2O6. The molecule has 150 valence electrons. The Kier molecular flexibility index (Phi) is 6.94. The number of benzene rings is 1. The zero-order chi connectivity index (χ0) is 21.0. The molecule has 1 atom stereocenters. The van der Waals surface area contributed by atoms with Gasteiger partial charge in [-0.05, 0) is 59.6 Å². The highest BCUT2D eigenvalue weighted by Gasteiger charge is 2.29. The van der Waals surface area contributed by atoms with Crippen LogP contribution in [0.15, 0.2) is 18.2 Å². The average molecular weight is 380 g/mol. The third-order valence-electron chi connectivity index (χ3n) is 3.34. The quantitative estimate of drug-likeness (QED) is 0.474. The second-order valence-corrected chi connectivity index (χ2v) is 8.30. The van der Waals surface area contributed by atoms with Crippen LogP contribution in [0.1, 0.15) is 52.7 Å². The van der Waals surface area contributed by atoms with Gasteiger partial charge in [-0.25, -0.2) is 9.59 Å². The Labute approximate surface area is 159 Å². The first kappa shape index (κ1) is 22.4. The summed E-state index contributed by atoms with van der Waals surface area (Å²) < 4.78 is 10.6. The number of carbonyl (C=O) groups is 2. The van der Waals surface area contributed by atoms with Crippen LogP contribution in [-0.2, 0) is 20.7 Å². The van der Waals surface area contributed by atoms with Crippen LogP contribution in [0.25, 0.3) is 0 Å². The van der Waals surface area contributed by atoms with E-state index in [4.69, 9.17) is 9.47 Å². The smallest absolute Gasteiger partial charge is 0.408 e. The molecule has 8 heteroatoms. The van der Waals surface area contributed by atoms with Gasteiger partial charge in [-0.2, -0.15) is 0 Å². The van der Waals surface area contributed by atoms with E-state index in [0.29, 0.717) is 11.1 Å². The summed E-state index contributed by atoms with van der Waals surface area (Å²) in [4.78, 5) is 35.1. The average Bonchev–Trinajstić information content (AvgIpc) is 2.44. The van der Waals surface area contributed by atoms with Crippen molar-refractivity contribution in [2.45, 2.75) is 72.1 Å². The summed E-state index contributed by atoms with van der Waals surface area (Å²) in [5, 5.41) is 13.4. The number of carbonyl (C=O) groups excluding carboxylic acids is 2. The number of hydrogen-bond donors (Lipinski definition) is 1. The van der Waals surface area contributed by atoms with Gasteiger partial charge in [-0.1, -0.05) is 6.07 Å². The molecule has 0 saturated carbocycles. The topological polar surface area (TPSA) is 108 Å². The van der Waals surface area contributed by atoms with Crippen molar-refractivity contribution in [2.75, 3.05) is 0 Å². The molecule has 0 aromatic heterocycles. The van der Waals surface area contributed by atoms with E-state index in [-0.39, 0.29) is 12.1 Å². The number of non-ortho nitro benzene ring substituents is 1. The molecule has 0 radical (unpaired) electrons. The predicted molar refractivity (Wildman–Crippen MR) is 101 cm³/mol. The third-order valence-corrected chi connectivity index (χ3v) is 3.34. The van der Waals surface area contributed by atoms with E-state index in [1.807, 2.05) is 0 Å². The van der Waals surface area contributed by atoms with Crippen LogP contribution >= 0.6 is 0 Å². The van der Waals surface area contributed by atoms with Crippen molar-refractivity contribution in [2.24, 2.45) is 0 Å². The van der Waals surface area contributed by atoms with Crippen molar-refractivity contribution >= 4 is 17.7 Å². The summed E-state index contributed by atoms with van der Waals surface area (Å²) in [6.45, 7) is 12.0. The molecule has 0 fully saturated rings. The van der Waals surface area contributed by atoms with E-state index in [9.17, 15) is 19.7 Å². The summed E-state index contributed by atoms with van der Waals surface area (Å²) >= 11 is 0. The molecule has 1 aromatic rings. The second-order valence-electron chi connectivity index (χ2n) is 8.30. The van der Waals surface area contributed by atoms with E-state index >= 15 is 0 Å². The van der Waals surface area contributed by atoms with Crippen LogP contribution in [0.5, 0.6) is 0 Å². The highest BCUT2D eigenvalue weighted by molar-refractivity contribution is 5.82. The highest BCUT2D eigenvalue weighted by atomic mass is 16.6. The lowest BCUT2D eigenvalue weighted by atomic mass is 10.00. The molecule has 0 saturated heterocycles. The van der Waals surface area contributed by atoms with Gasteiger partial charge >= 0.3 is 12.1 Å². The largest absolute Gasteiger partial charge is 0.458 e. The first-order chi connectivity index (χ1) is 12.2. The summed E-state index contributed by atoms with van der Waals surface area (Å²) in [5.41, 5.74) is -0.150. The van der Waals surface area contributed by atoms with Gasteiger partial charge in [0.2, 0.25) is 0 Å². The maximum absolute atomic E-state index is 12.6. The number of hydrogen-bond acceptors (Lipinski definition) is 6. The molecule has 1 N–H and O–H groups in total. The summed E-state index contributed by atoms with van der Waals surface area (Å²) in [5.74, 6) is -0.605. The van der Waals surface area contributed by atoms with Crippen molar-refractivity contribution in [1.29, 1.82) is 0 Å². The fourth-order valence-electron chi connectivity index (χ4n) is 2.26. The molecule has 1 amide bonds. The fourth-order valence-corrected chi connectivity index (χ4v) is 2.26. The molecule has 0 aliphatic rings. The highest BCUT2D eigenvalue weighted by Crippen LogP contribution is 2.20. The number of nitro groups is 1. The van der Waals surface area contributed by atoms with Crippen LogP contribution in [-0.4, -0.2) is 34.2 Å². The molecule has 0 bridgehead atoms. The maximum Gasteiger partial charge on any atom is 0.408 e. The van der Waals surface area contributed by atoms with Crippen LogP contribution in [0, 0.1) is 17.0 Å². The number of nitrogens with one attached hydrogen (secondary N) is 1. The zero-order valence-corrected chi connectivity index (χ0v) is 16.9. The Bertz CT molecular complexity index is 716. The van der Waals surface area contributed by atoms with Crippen molar-refractivity contribution in [3.8, 4) is 0 Å². The van der Waals surface area contributed by atoms with Gasteiger partial charge in [0.05, 0.1) is 4.92 Å². The van der Waals surface area contributed by atoms with Crippen LogP contribution < -0.4 is 5.32 Å². The van der Waals surface area contributed by atoms with Gasteiger partial charge in [-0.3, -0.25) is 10.1 Å². The Hall–Kier alpha value is -2.64. The minimum absolute atomic E-state index is 0.0369. The molecule has 0 aliphatic heterocycles. The van der Waals surface area contributed by atoms with E-state index in [1.54, 1.807) is 54.5 Å². The summed E-state index contributed by atoms with van der Waals surface area (Å²) in [6.07, 6.45) is -0.615. The monoisotopic (exact) mass is 380 g/mol. The minimum Gasteiger partial charge on any atom is -0.458 e. The van der Waals surface area contributed by atoms with Gasteiger partial charge in [0.15, 0.2) is 0 Å². The number of amides is 1. The molecule has 27 heavy (non-hydrogen) atoms. The molecule has 1 rings (SSSR count). The van der Waals surface area contributed by atoms with E-state index in [1.165, 1.54) is 12.1 Å². The molecular weight excluding hydrogens is 352 g/mol. The number of esters is 1. The lowest BCUT2D eigenvalue weighted by Gasteiger charge is -2.26. The van der Waals surface area contributed by atoms with E-state index in [2.05, 4.69) is 5.32 Å². The number of aryl methyl sites for hydroxylation is 1. The number of rotatable bonds is 5. The molecule has 0 aliphatic carbocycles. The Morgan fingerprint density at radius 1 is 1.11 bits per heavy atom. The van der Waals surface area contributed by atoms with Crippen molar-refractivity contribution in [3.63, 3.8) is 0 Å². The molecule has 8 nitrogen and oxygen atoms in total. The first-order valence-electron chi connectivity index (χ1n) is 8.64. The molecule has 0 heterocycles. The second kappa shape index (κ2) is 8.37. The lowest BCUT2D eigenvalue weighted by molar-refractivity contribution is -0.384. The van der Waals surface area contributed by atoms with Gasteiger partial charge < -0.3 is 14.8 Å². The number of ether oxygens (including phenoxy) is 2. The number of alkyl carbamates (subject to hydrolysis) is 1. The first-order valence-corrected chi connectivity index (χ1v) is 8.64. The van der Waals surface area contributed by atoms with Gasteiger partial charge in [0, 0.05) is 18.6 Å². The fraction of sp³-hybridized carbons (Fsp3) is 0.579. The normalized spacial score (nSPS) is 12.9. The minimum atomic E-state index is -0.987. The predicted octanol–water partition coefficient (Wildman–Crippen LogP) is 3.68. The maximum atomic E-state index is 12.6. The zero-order valence-electron chi connectivity index (χ0n) is 16.9. The van der Waals surface area contributed by atoms with Crippen LogP contribution in [0.3, 0.4) is 0 Å². The van der Waals surface area contributed by atoms with Crippen LogP contribution in [0.4, 0.5) is 10.5 Å². The Balaban J connectivity index is 3.05. The van der Waals surface area contributed by atoms with E-state index in [0.717, 1.165) is 0 Å². The number of nitro benzene ring substituents is 1. The number of nitrogens with zero attached hydrogens (tertiary/aromatic N) is 1. The van der Waals surface area contributed by atoms with Crippen LogP contribution in [0.2, 0.25) is 0 Å². The van der Waals surface area contributed by atoms with Crippen molar-refractivity contribution < 1.29 is 24.0 Å².